The molecule has 1 aliphatic carbocycles. The number of nitrogens with one attached hydrogen (secondary N) is 1. The number of carbonyl (C=O) groups is 2. The van der Waals surface area contributed by atoms with Gasteiger partial charge in [0, 0.05) is 38.9 Å². The van der Waals surface area contributed by atoms with Crippen LogP contribution >= 0.6 is 24.8 Å². The molecule has 41 heavy (non-hydrogen) atoms. The lowest BCUT2D eigenvalue weighted by atomic mass is 9.79. The summed E-state index contributed by atoms with van der Waals surface area (Å²) in [6.07, 6.45) is 9.95. The van der Waals surface area contributed by atoms with Gasteiger partial charge in [0.1, 0.15) is 11.6 Å². The van der Waals surface area contributed by atoms with E-state index < -0.39 is 5.54 Å². The molecule has 0 bridgehead atoms. The molecule has 3 aliphatic rings. The van der Waals surface area contributed by atoms with Crippen LogP contribution < -0.4 is 10.9 Å². The Hall–Kier alpha value is -2.29. The van der Waals surface area contributed by atoms with Gasteiger partial charge < -0.3 is 10.2 Å². The van der Waals surface area contributed by atoms with Crippen LogP contribution in [0.4, 0.5) is 0 Å². The molecule has 228 valence electrons. The number of aromatic nitrogens is 2. The fourth-order valence-electron chi connectivity index (χ4n) is 7.04. The standard InChI is InChI=1S/C31H45N5O3.2ClH/c1-4-5-18-35-29(38)27(21-24-12-8-6-9-13-24)32-30(39)31(35)16-19-34(20-17-31)22-26-23(2)33(3)36(28(26)37)25-14-10-7-11-15-25;;/h7,10-11,14-15,24,27H,4-6,8-9,12-13,16-22H2,1-3H3,(H,32,39);2*1H/t27-;;/m0../s1. The lowest BCUT2D eigenvalue weighted by molar-refractivity contribution is -0.162. The van der Waals surface area contributed by atoms with E-state index in [2.05, 4.69) is 17.1 Å². The highest BCUT2D eigenvalue weighted by atomic mass is 35.5. The zero-order chi connectivity index (χ0) is 27.6. The Balaban J connectivity index is 0.00000231. The van der Waals surface area contributed by atoms with Crippen LogP contribution in [-0.2, 0) is 23.2 Å². The highest BCUT2D eigenvalue weighted by Gasteiger charge is 2.53. The number of hydrogen-bond donors (Lipinski definition) is 1. The first kappa shape index (κ1) is 33.2. The minimum atomic E-state index is -0.776. The monoisotopic (exact) mass is 607 g/mol. The van der Waals surface area contributed by atoms with Gasteiger partial charge >= 0.3 is 0 Å². The van der Waals surface area contributed by atoms with Gasteiger partial charge in [0.2, 0.25) is 11.8 Å². The van der Waals surface area contributed by atoms with Crippen molar-refractivity contribution in [2.75, 3.05) is 19.6 Å². The van der Waals surface area contributed by atoms with Crippen molar-refractivity contribution in [1.82, 2.24) is 24.5 Å². The second kappa shape index (κ2) is 14.3. The normalized spacial score (nSPS) is 21.3. The summed E-state index contributed by atoms with van der Waals surface area (Å²) in [6.45, 7) is 6.67. The molecular weight excluding hydrogens is 561 g/mol. The van der Waals surface area contributed by atoms with E-state index in [9.17, 15) is 14.4 Å². The van der Waals surface area contributed by atoms with Gasteiger partial charge in [-0.3, -0.25) is 24.0 Å². The first-order valence-corrected chi connectivity index (χ1v) is 15.0. The quantitative estimate of drug-likeness (QED) is 0.469. The number of carbonyl (C=O) groups excluding carboxylic acids is 2. The van der Waals surface area contributed by atoms with Crippen LogP contribution in [0, 0.1) is 12.8 Å². The van der Waals surface area contributed by atoms with E-state index in [1.807, 2.05) is 53.9 Å². The second-order valence-electron chi connectivity index (χ2n) is 12.0. The zero-order valence-electron chi connectivity index (χ0n) is 24.8. The minimum absolute atomic E-state index is 0. The van der Waals surface area contributed by atoms with Crippen molar-refractivity contribution in [1.29, 1.82) is 0 Å². The van der Waals surface area contributed by atoms with Crippen molar-refractivity contribution in [3.05, 3.63) is 51.9 Å². The Morgan fingerprint density at radius 3 is 2.27 bits per heavy atom. The predicted octanol–water partition coefficient (Wildman–Crippen LogP) is 4.76. The topological polar surface area (TPSA) is 79.6 Å². The molecule has 5 rings (SSSR count). The molecule has 2 aliphatic heterocycles. The molecule has 2 amide bonds. The molecule has 8 nitrogen and oxygen atoms in total. The summed E-state index contributed by atoms with van der Waals surface area (Å²) in [4.78, 5) is 45.2. The van der Waals surface area contributed by atoms with Crippen LogP contribution in [0.25, 0.3) is 5.69 Å². The highest BCUT2D eigenvalue weighted by molar-refractivity contribution is 6.00. The molecular formula is C31H47Cl2N5O3. The van der Waals surface area contributed by atoms with Crippen LogP contribution in [0.3, 0.4) is 0 Å². The second-order valence-corrected chi connectivity index (χ2v) is 12.0. The van der Waals surface area contributed by atoms with Crippen LogP contribution in [-0.4, -0.2) is 62.2 Å². The third-order valence-corrected chi connectivity index (χ3v) is 9.58. The first-order chi connectivity index (χ1) is 18.9. The summed E-state index contributed by atoms with van der Waals surface area (Å²) in [5.74, 6) is 0.679. The molecule has 2 saturated heterocycles. The van der Waals surface area contributed by atoms with Gasteiger partial charge in [0.15, 0.2) is 0 Å². The van der Waals surface area contributed by atoms with Crippen LogP contribution in [0.15, 0.2) is 35.1 Å². The van der Waals surface area contributed by atoms with Gasteiger partial charge in [0.05, 0.1) is 11.3 Å². The van der Waals surface area contributed by atoms with E-state index in [4.69, 9.17) is 0 Å². The van der Waals surface area contributed by atoms with Crippen molar-refractivity contribution in [3.63, 3.8) is 0 Å². The maximum absolute atomic E-state index is 13.8. The number of piperazine rings is 1. The number of piperidine rings is 1. The maximum Gasteiger partial charge on any atom is 0.276 e. The third-order valence-electron chi connectivity index (χ3n) is 9.58. The molecule has 1 spiro atoms. The Labute approximate surface area is 256 Å². The van der Waals surface area contributed by atoms with Crippen LogP contribution in [0.5, 0.6) is 0 Å². The molecule has 1 aromatic carbocycles. The molecule has 2 aromatic rings. The number of likely N-dealkylation sites (tertiary alicyclic amines) is 1. The summed E-state index contributed by atoms with van der Waals surface area (Å²) in [5.41, 5.74) is 1.81. The number of hydrogen-bond acceptors (Lipinski definition) is 4. The van der Waals surface area contributed by atoms with Crippen molar-refractivity contribution in [3.8, 4) is 5.69 Å². The Morgan fingerprint density at radius 2 is 1.63 bits per heavy atom. The number of rotatable bonds is 8. The zero-order valence-corrected chi connectivity index (χ0v) is 26.4. The number of unbranched alkanes of at least 4 members (excludes halogenated alkanes) is 1. The molecule has 0 unspecified atom stereocenters. The van der Waals surface area contributed by atoms with Crippen LogP contribution in [0.2, 0.25) is 0 Å². The van der Waals surface area contributed by atoms with E-state index in [1.54, 1.807) is 4.68 Å². The third kappa shape index (κ3) is 6.55. The van der Waals surface area contributed by atoms with Crippen molar-refractivity contribution < 1.29 is 9.59 Å². The molecule has 1 atom stereocenters. The molecule has 0 radical (unpaired) electrons. The van der Waals surface area contributed by atoms with Gasteiger partial charge in [-0.1, -0.05) is 63.6 Å². The minimum Gasteiger partial charge on any atom is -0.342 e. The van der Waals surface area contributed by atoms with Crippen molar-refractivity contribution >= 4 is 36.6 Å². The van der Waals surface area contributed by atoms with Crippen molar-refractivity contribution in [2.45, 2.75) is 96.2 Å². The van der Waals surface area contributed by atoms with Crippen molar-refractivity contribution in [2.24, 2.45) is 13.0 Å². The van der Waals surface area contributed by atoms with Gasteiger partial charge in [-0.05, 0) is 50.7 Å². The van der Waals surface area contributed by atoms with E-state index in [1.165, 1.54) is 32.1 Å². The Bertz CT molecular complexity index is 1230. The van der Waals surface area contributed by atoms with E-state index >= 15 is 0 Å². The van der Waals surface area contributed by atoms with E-state index in [-0.39, 0.29) is 48.2 Å². The largest absolute Gasteiger partial charge is 0.342 e. The van der Waals surface area contributed by atoms with Gasteiger partial charge in [-0.25, -0.2) is 4.68 Å². The summed E-state index contributed by atoms with van der Waals surface area (Å²) < 4.78 is 3.65. The van der Waals surface area contributed by atoms with E-state index in [0.29, 0.717) is 44.9 Å². The highest BCUT2D eigenvalue weighted by Crippen LogP contribution is 2.36. The molecule has 1 N–H and O–H groups in total. The predicted molar refractivity (Wildman–Crippen MR) is 167 cm³/mol. The van der Waals surface area contributed by atoms with Gasteiger partial charge in [-0.15, -0.1) is 24.8 Å². The summed E-state index contributed by atoms with van der Waals surface area (Å²) in [5, 5.41) is 3.19. The summed E-state index contributed by atoms with van der Waals surface area (Å²) in [6, 6.07) is 9.33. The molecule has 10 heteroatoms. The lowest BCUT2D eigenvalue weighted by Crippen LogP contribution is -2.73. The van der Waals surface area contributed by atoms with Gasteiger partial charge in [-0.2, -0.15) is 0 Å². The fraction of sp³-hybridized carbons (Fsp3) is 0.645. The summed E-state index contributed by atoms with van der Waals surface area (Å²) in [7, 11) is 1.92. The Morgan fingerprint density at radius 1 is 0.976 bits per heavy atom. The molecule has 3 fully saturated rings. The van der Waals surface area contributed by atoms with Crippen LogP contribution in [0.1, 0.15) is 82.4 Å². The smallest absolute Gasteiger partial charge is 0.276 e. The number of para-hydroxylation sites is 1. The van der Waals surface area contributed by atoms with E-state index in [0.717, 1.165) is 36.2 Å². The van der Waals surface area contributed by atoms with Gasteiger partial charge in [0.25, 0.3) is 5.56 Å². The fourth-order valence-corrected chi connectivity index (χ4v) is 7.04. The first-order valence-electron chi connectivity index (χ1n) is 15.0. The number of nitrogens with zero attached hydrogens (tertiary/aromatic N) is 4. The number of amides is 2. The average molecular weight is 609 g/mol. The summed E-state index contributed by atoms with van der Waals surface area (Å²) >= 11 is 0. The number of benzene rings is 1. The molecule has 1 saturated carbocycles. The molecule has 1 aromatic heterocycles. The lowest BCUT2D eigenvalue weighted by Gasteiger charge is -2.52. The molecule has 3 heterocycles. The SMILES string of the molecule is CCCCN1C(=O)[C@H](CC2CCCCC2)NC(=O)C12CCN(Cc1c(C)n(C)n(-c3ccccc3)c1=O)CC2.Cl.Cl. The average Bonchev–Trinajstić information content (AvgIpc) is 3.16. The maximum atomic E-state index is 13.8. The Kier molecular flexibility index (Phi) is 11.5. The number of halogens is 2.